The zero-order valence-electron chi connectivity index (χ0n) is 10.5. The maximum absolute atomic E-state index is 10.7. The first-order chi connectivity index (χ1) is 8.65. The lowest BCUT2D eigenvalue weighted by Gasteiger charge is -2.19. The van der Waals surface area contributed by atoms with Crippen LogP contribution in [-0.4, -0.2) is 23.6 Å². The van der Waals surface area contributed by atoms with Crippen LogP contribution in [0.4, 0.5) is 10.5 Å². The maximum Gasteiger partial charge on any atom is 0.316 e. The van der Waals surface area contributed by atoms with Gasteiger partial charge in [-0.2, -0.15) is 11.8 Å². The molecule has 0 spiro atoms. The molecule has 1 aliphatic heterocycles. The number of urea groups is 1. The van der Waals surface area contributed by atoms with Crippen LogP contribution < -0.4 is 16.4 Å². The van der Waals surface area contributed by atoms with Gasteiger partial charge in [-0.3, -0.25) is 0 Å². The summed E-state index contributed by atoms with van der Waals surface area (Å²) in [6.45, 7) is 2.17. The molecule has 2 amide bonds. The lowest BCUT2D eigenvalue weighted by Crippen LogP contribution is -2.31. The summed E-state index contributed by atoms with van der Waals surface area (Å²) >= 11 is 2.00. The molecule has 2 atom stereocenters. The molecule has 1 aromatic carbocycles. The number of nitrogens with two attached hydrogens (primary N) is 1. The summed E-state index contributed by atoms with van der Waals surface area (Å²) in [4.78, 5) is 10.7. The summed E-state index contributed by atoms with van der Waals surface area (Å²) in [6, 6.07) is 8.21. The number of carbonyl (C=O) groups excluding carboxylic acids is 1. The van der Waals surface area contributed by atoms with Gasteiger partial charge in [0, 0.05) is 23.5 Å². The third-order valence-electron chi connectivity index (χ3n) is 3.09. The minimum atomic E-state index is -0.531. The molecule has 2 rings (SSSR count). The molecule has 0 saturated carbocycles. The second kappa shape index (κ2) is 6.11. The van der Waals surface area contributed by atoms with Gasteiger partial charge < -0.3 is 16.4 Å². The van der Waals surface area contributed by atoms with E-state index in [1.807, 2.05) is 36.0 Å². The molecule has 0 aromatic heterocycles. The number of nitrogens with one attached hydrogen (secondary N) is 2. The Kier molecular flexibility index (Phi) is 4.49. The Morgan fingerprint density at radius 1 is 1.44 bits per heavy atom. The lowest BCUT2D eigenvalue weighted by atomic mass is 10.1. The van der Waals surface area contributed by atoms with Crippen LogP contribution in [0.15, 0.2) is 24.3 Å². The molecule has 1 aromatic rings. The predicted octanol–water partition coefficient (Wildman–Crippen LogP) is 2.33. The predicted molar refractivity (Wildman–Crippen MR) is 76.9 cm³/mol. The van der Waals surface area contributed by atoms with E-state index in [4.69, 9.17) is 5.73 Å². The Morgan fingerprint density at radius 3 is 2.72 bits per heavy atom. The van der Waals surface area contributed by atoms with Gasteiger partial charge in [-0.05, 0) is 36.8 Å². The van der Waals surface area contributed by atoms with Gasteiger partial charge in [0.05, 0.1) is 0 Å². The average molecular weight is 265 g/mol. The number of amides is 2. The lowest BCUT2D eigenvalue weighted by molar-refractivity contribution is 0.259. The molecule has 1 saturated heterocycles. The fraction of sp³-hybridized carbons (Fsp3) is 0.462. The third-order valence-corrected chi connectivity index (χ3v) is 4.26. The van der Waals surface area contributed by atoms with E-state index in [1.54, 1.807) is 0 Å². The van der Waals surface area contributed by atoms with Crippen molar-refractivity contribution in [3.63, 3.8) is 0 Å². The van der Waals surface area contributed by atoms with Crippen LogP contribution in [0.3, 0.4) is 0 Å². The van der Waals surface area contributed by atoms with Crippen LogP contribution in [0.25, 0.3) is 0 Å². The number of hydrogen-bond donors (Lipinski definition) is 3. The van der Waals surface area contributed by atoms with Crippen molar-refractivity contribution in [2.45, 2.75) is 25.4 Å². The van der Waals surface area contributed by atoms with Gasteiger partial charge in [-0.15, -0.1) is 0 Å². The highest BCUT2D eigenvalue weighted by Crippen LogP contribution is 2.22. The van der Waals surface area contributed by atoms with Crippen molar-refractivity contribution in [2.75, 3.05) is 16.8 Å². The first kappa shape index (κ1) is 13.2. The molecule has 98 valence electrons. The molecule has 4 N–H and O–H groups in total. The number of primary amides is 1. The van der Waals surface area contributed by atoms with Crippen LogP contribution in [0.2, 0.25) is 0 Å². The Hall–Kier alpha value is -1.20. The molecule has 0 radical (unpaired) electrons. The van der Waals surface area contributed by atoms with E-state index < -0.39 is 6.03 Å². The SMILES string of the molecule is CC(NC1CCSC1)c1ccc(NC(N)=O)cc1. The van der Waals surface area contributed by atoms with Crippen molar-refractivity contribution in [3.8, 4) is 0 Å². The standard InChI is InChI=1S/C13H19N3OS/c1-9(15-12-6-7-18-8-12)10-2-4-11(5-3-10)16-13(14)17/h2-5,9,12,15H,6-8H2,1H3,(H3,14,16,17). The van der Waals surface area contributed by atoms with Crippen LogP contribution in [0.1, 0.15) is 24.9 Å². The van der Waals surface area contributed by atoms with Crippen LogP contribution in [0.5, 0.6) is 0 Å². The Morgan fingerprint density at radius 2 is 2.17 bits per heavy atom. The molecular weight excluding hydrogens is 246 g/mol. The summed E-state index contributed by atoms with van der Waals surface area (Å²) in [5, 5.41) is 6.18. The summed E-state index contributed by atoms with van der Waals surface area (Å²) in [5.74, 6) is 2.46. The van der Waals surface area contributed by atoms with Gasteiger partial charge in [0.25, 0.3) is 0 Å². The molecular formula is C13H19N3OS. The van der Waals surface area contributed by atoms with Crippen LogP contribution >= 0.6 is 11.8 Å². The van der Waals surface area contributed by atoms with Gasteiger partial charge in [0.1, 0.15) is 0 Å². The normalized spacial score (nSPS) is 20.6. The van der Waals surface area contributed by atoms with Crippen LogP contribution in [0, 0.1) is 0 Å². The zero-order chi connectivity index (χ0) is 13.0. The molecule has 5 heteroatoms. The number of rotatable bonds is 4. The zero-order valence-corrected chi connectivity index (χ0v) is 11.3. The van der Waals surface area contributed by atoms with Crippen molar-refractivity contribution < 1.29 is 4.79 Å². The molecule has 1 heterocycles. The fourth-order valence-electron chi connectivity index (χ4n) is 2.11. The Bertz CT molecular complexity index is 401. The first-order valence-corrected chi connectivity index (χ1v) is 7.31. The smallest absolute Gasteiger partial charge is 0.316 e. The van der Waals surface area contributed by atoms with E-state index in [9.17, 15) is 4.79 Å². The van der Waals surface area contributed by atoms with Crippen molar-refractivity contribution >= 4 is 23.5 Å². The minimum Gasteiger partial charge on any atom is -0.351 e. The number of hydrogen-bond acceptors (Lipinski definition) is 3. The fourth-order valence-corrected chi connectivity index (χ4v) is 3.28. The second-order valence-electron chi connectivity index (χ2n) is 4.56. The van der Waals surface area contributed by atoms with Gasteiger partial charge >= 0.3 is 6.03 Å². The number of benzene rings is 1. The Balaban J connectivity index is 1.93. The molecule has 1 fully saturated rings. The minimum absolute atomic E-state index is 0.330. The van der Waals surface area contributed by atoms with E-state index in [0.29, 0.717) is 12.1 Å². The van der Waals surface area contributed by atoms with Gasteiger partial charge in [0.15, 0.2) is 0 Å². The summed E-state index contributed by atoms with van der Waals surface area (Å²) in [7, 11) is 0. The van der Waals surface area contributed by atoms with E-state index >= 15 is 0 Å². The third kappa shape index (κ3) is 3.65. The molecule has 1 aliphatic rings. The van der Waals surface area contributed by atoms with Crippen molar-refractivity contribution in [3.05, 3.63) is 29.8 Å². The highest BCUT2D eigenvalue weighted by atomic mass is 32.2. The number of anilines is 1. The molecule has 4 nitrogen and oxygen atoms in total. The van der Waals surface area contributed by atoms with E-state index in [2.05, 4.69) is 17.6 Å². The van der Waals surface area contributed by atoms with Gasteiger partial charge in [-0.1, -0.05) is 12.1 Å². The first-order valence-electron chi connectivity index (χ1n) is 6.15. The molecule has 0 bridgehead atoms. The molecule has 2 unspecified atom stereocenters. The average Bonchev–Trinajstić information content (AvgIpc) is 2.82. The van der Waals surface area contributed by atoms with E-state index in [0.717, 1.165) is 5.69 Å². The Labute approximate surface area is 112 Å². The molecule has 18 heavy (non-hydrogen) atoms. The van der Waals surface area contributed by atoms with Crippen molar-refractivity contribution in [2.24, 2.45) is 5.73 Å². The number of carbonyl (C=O) groups is 1. The van der Waals surface area contributed by atoms with Crippen molar-refractivity contribution in [1.82, 2.24) is 5.32 Å². The summed E-state index contributed by atoms with van der Waals surface area (Å²) in [6.07, 6.45) is 1.25. The number of thioether (sulfide) groups is 1. The summed E-state index contributed by atoms with van der Waals surface area (Å²) in [5.41, 5.74) is 7.02. The monoisotopic (exact) mass is 265 g/mol. The van der Waals surface area contributed by atoms with Crippen LogP contribution in [-0.2, 0) is 0 Å². The largest absolute Gasteiger partial charge is 0.351 e. The van der Waals surface area contributed by atoms with E-state index in [1.165, 1.54) is 23.5 Å². The summed E-state index contributed by atoms with van der Waals surface area (Å²) < 4.78 is 0. The topological polar surface area (TPSA) is 67.2 Å². The maximum atomic E-state index is 10.7. The van der Waals surface area contributed by atoms with Gasteiger partial charge in [0.2, 0.25) is 0 Å². The molecule has 0 aliphatic carbocycles. The highest BCUT2D eigenvalue weighted by molar-refractivity contribution is 7.99. The second-order valence-corrected chi connectivity index (χ2v) is 5.71. The van der Waals surface area contributed by atoms with Gasteiger partial charge in [-0.25, -0.2) is 4.79 Å². The quantitative estimate of drug-likeness (QED) is 0.782. The van der Waals surface area contributed by atoms with E-state index in [-0.39, 0.29) is 0 Å². The highest BCUT2D eigenvalue weighted by Gasteiger charge is 2.17. The van der Waals surface area contributed by atoms with Crippen molar-refractivity contribution in [1.29, 1.82) is 0 Å².